The summed E-state index contributed by atoms with van der Waals surface area (Å²) in [5.74, 6) is 0.718. The molecule has 9 nitrogen and oxygen atoms in total. The summed E-state index contributed by atoms with van der Waals surface area (Å²) in [5.41, 5.74) is 5.50. The Labute approximate surface area is 228 Å². The molecule has 1 aromatic carbocycles. The molecule has 204 valence electrons. The van der Waals surface area contributed by atoms with E-state index < -0.39 is 0 Å². The summed E-state index contributed by atoms with van der Waals surface area (Å²) in [7, 11) is 0. The van der Waals surface area contributed by atoms with Crippen molar-refractivity contribution in [1.29, 1.82) is 0 Å². The first-order valence-corrected chi connectivity index (χ1v) is 13.8. The third-order valence-corrected chi connectivity index (χ3v) is 7.28. The molecule has 0 radical (unpaired) electrons. The Morgan fingerprint density at radius 3 is 2.59 bits per heavy atom. The quantitative estimate of drug-likeness (QED) is 0.320. The van der Waals surface area contributed by atoms with Gasteiger partial charge < -0.3 is 20.5 Å². The van der Waals surface area contributed by atoms with Gasteiger partial charge >= 0.3 is 0 Å². The van der Waals surface area contributed by atoms with Crippen LogP contribution in [0.4, 0.5) is 5.82 Å². The van der Waals surface area contributed by atoms with Crippen molar-refractivity contribution in [2.45, 2.75) is 53.1 Å². The second-order valence-electron chi connectivity index (χ2n) is 10.5. The number of hydrogen-bond donors (Lipinski definition) is 3. The van der Waals surface area contributed by atoms with Crippen LogP contribution in [0.15, 0.2) is 47.5 Å². The average molecular weight is 528 g/mol. The second-order valence-corrected chi connectivity index (χ2v) is 10.5. The van der Waals surface area contributed by atoms with Gasteiger partial charge in [-0.2, -0.15) is 5.10 Å². The Morgan fingerprint density at radius 2 is 1.90 bits per heavy atom. The molecule has 39 heavy (non-hydrogen) atoms. The van der Waals surface area contributed by atoms with Crippen LogP contribution < -0.4 is 21.1 Å². The predicted octanol–water partition coefficient (Wildman–Crippen LogP) is 3.97. The van der Waals surface area contributed by atoms with Gasteiger partial charge in [-0.25, -0.2) is 4.98 Å². The van der Waals surface area contributed by atoms with Crippen molar-refractivity contribution in [3.63, 3.8) is 0 Å². The SMILES string of the molecule is CCCc1cc(C)[nH]c(=O)c1CNC(=O)c1cc(-c2ccc(N3CCNCC3)nc2)cc2c1cnn2C(C)C. The summed E-state index contributed by atoms with van der Waals surface area (Å²) in [6.07, 6.45) is 5.33. The number of aromatic amines is 1. The minimum atomic E-state index is -0.238. The molecule has 9 heteroatoms. The molecule has 0 aliphatic carbocycles. The molecule has 3 aromatic heterocycles. The van der Waals surface area contributed by atoms with Gasteiger partial charge in [0.1, 0.15) is 5.82 Å². The molecule has 1 fully saturated rings. The number of aryl methyl sites for hydroxylation is 2. The molecule has 1 saturated heterocycles. The summed E-state index contributed by atoms with van der Waals surface area (Å²) in [5, 5.41) is 11.7. The van der Waals surface area contributed by atoms with Gasteiger partial charge in [-0.3, -0.25) is 14.3 Å². The van der Waals surface area contributed by atoms with E-state index in [0.717, 1.165) is 78.1 Å². The number of carbonyl (C=O) groups is 1. The Kier molecular flexibility index (Phi) is 7.79. The fourth-order valence-electron chi connectivity index (χ4n) is 5.28. The molecule has 5 rings (SSSR count). The summed E-state index contributed by atoms with van der Waals surface area (Å²) < 4.78 is 1.93. The van der Waals surface area contributed by atoms with Gasteiger partial charge in [0.05, 0.1) is 17.3 Å². The zero-order valence-corrected chi connectivity index (χ0v) is 23.2. The standard InChI is InChI=1S/C30H37N7O2/c1-5-6-21-13-20(4)35-30(39)25(21)17-33-29(38)24-14-23(15-27-26(24)18-34-37(27)19(2)3)22-7-8-28(32-16-22)36-11-9-31-10-12-36/h7-8,13-16,18-19,31H,5-6,9-12,17H2,1-4H3,(H,33,38)(H,35,39). The number of amides is 1. The Balaban J connectivity index is 1.48. The number of pyridine rings is 2. The number of H-pyrrole nitrogens is 1. The van der Waals surface area contributed by atoms with Crippen molar-refractivity contribution in [1.82, 2.24) is 30.4 Å². The summed E-state index contributed by atoms with van der Waals surface area (Å²) in [6, 6.07) is 10.2. The van der Waals surface area contributed by atoms with Crippen LogP contribution in [0, 0.1) is 6.92 Å². The lowest BCUT2D eigenvalue weighted by molar-refractivity contribution is 0.0952. The number of nitrogens with one attached hydrogen (secondary N) is 3. The number of anilines is 1. The predicted molar refractivity (Wildman–Crippen MR) is 155 cm³/mol. The van der Waals surface area contributed by atoms with Crippen LogP contribution in [0.2, 0.25) is 0 Å². The molecule has 4 aromatic rings. The third-order valence-electron chi connectivity index (χ3n) is 7.28. The van der Waals surface area contributed by atoms with Crippen LogP contribution in [0.25, 0.3) is 22.0 Å². The smallest absolute Gasteiger partial charge is 0.253 e. The highest BCUT2D eigenvalue weighted by atomic mass is 16.1. The van der Waals surface area contributed by atoms with Gasteiger partial charge in [0.2, 0.25) is 0 Å². The minimum absolute atomic E-state index is 0.129. The van der Waals surface area contributed by atoms with Gasteiger partial charge in [-0.05, 0) is 68.7 Å². The maximum Gasteiger partial charge on any atom is 0.253 e. The number of piperazine rings is 1. The van der Waals surface area contributed by atoms with Crippen molar-refractivity contribution in [3.05, 3.63) is 75.5 Å². The van der Waals surface area contributed by atoms with Gasteiger partial charge in [-0.1, -0.05) is 13.3 Å². The van der Waals surface area contributed by atoms with Crippen molar-refractivity contribution in [3.8, 4) is 11.1 Å². The van der Waals surface area contributed by atoms with Crippen LogP contribution in [0.5, 0.6) is 0 Å². The summed E-state index contributed by atoms with van der Waals surface area (Å²) in [6.45, 7) is 12.0. The lowest BCUT2D eigenvalue weighted by atomic mass is 10.00. The van der Waals surface area contributed by atoms with E-state index in [2.05, 4.69) is 58.5 Å². The highest BCUT2D eigenvalue weighted by Crippen LogP contribution is 2.30. The molecule has 0 bridgehead atoms. The van der Waals surface area contributed by atoms with Gasteiger partial charge in [0.15, 0.2) is 0 Å². The molecular formula is C30H37N7O2. The lowest BCUT2D eigenvalue weighted by Gasteiger charge is -2.28. The van der Waals surface area contributed by atoms with E-state index >= 15 is 0 Å². The minimum Gasteiger partial charge on any atom is -0.354 e. The molecular weight excluding hydrogens is 490 g/mol. The molecule has 4 heterocycles. The van der Waals surface area contributed by atoms with Crippen LogP contribution in [-0.4, -0.2) is 51.8 Å². The van der Waals surface area contributed by atoms with E-state index in [9.17, 15) is 9.59 Å². The lowest BCUT2D eigenvalue weighted by Crippen LogP contribution is -2.43. The normalized spacial score (nSPS) is 13.8. The van der Waals surface area contributed by atoms with Crippen molar-refractivity contribution < 1.29 is 4.79 Å². The number of hydrogen-bond acceptors (Lipinski definition) is 6. The Bertz CT molecular complexity index is 1530. The monoisotopic (exact) mass is 527 g/mol. The van der Waals surface area contributed by atoms with E-state index in [-0.39, 0.29) is 24.1 Å². The van der Waals surface area contributed by atoms with Crippen molar-refractivity contribution in [2.75, 3.05) is 31.1 Å². The highest BCUT2D eigenvalue weighted by Gasteiger charge is 2.19. The van der Waals surface area contributed by atoms with Gasteiger partial charge in [0, 0.05) is 67.2 Å². The molecule has 1 amide bonds. The number of nitrogens with zero attached hydrogens (tertiary/aromatic N) is 4. The highest BCUT2D eigenvalue weighted by molar-refractivity contribution is 6.08. The van der Waals surface area contributed by atoms with Gasteiger partial charge in [0.25, 0.3) is 11.5 Å². The largest absolute Gasteiger partial charge is 0.354 e. The molecule has 0 atom stereocenters. The molecule has 0 unspecified atom stereocenters. The van der Waals surface area contributed by atoms with E-state index in [1.807, 2.05) is 36.0 Å². The number of benzene rings is 1. The molecule has 0 spiro atoms. The first kappa shape index (κ1) is 26.6. The fourth-order valence-corrected chi connectivity index (χ4v) is 5.28. The van der Waals surface area contributed by atoms with Crippen LogP contribution in [0.1, 0.15) is 60.4 Å². The summed E-state index contributed by atoms with van der Waals surface area (Å²) in [4.78, 5) is 36.2. The van der Waals surface area contributed by atoms with E-state index in [0.29, 0.717) is 11.1 Å². The fraction of sp³-hybridized carbons (Fsp3) is 0.400. The third kappa shape index (κ3) is 5.59. The zero-order valence-electron chi connectivity index (χ0n) is 23.2. The molecule has 3 N–H and O–H groups in total. The maximum atomic E-state index is 13.6. The van der Waals surface area contributed by atoms with E-state index in [1.165, 1.54) is 0 Å². The van der Waals surface area contributed by atoms with Crippen molar-refractivity contribution >= 4 is 22.6 Å². The topological polar surface area (TPSA) is 108 Å². The number of carbonyl (C=O) groups excluding carboxylic acids is 1. The molecule has 1 aliphatic rings. The molecule has 1 aliphatic heterocycles. The number of aromatic nitrogens is 4. The van der Waals surface area contributed by atoms with Crippen molar-refractivity contribution in [2.24, 2.45) is 0 Å². The van der Waals surface area contributed by atoms with Crippen LogP contribution in [-0.2, 0) is 13.0 Å². The average Bonchev–Trinajstić information content (AvgIpc) is 3.37. The van der Waals surface area contributed by atoms with Gasteiger partial charge in [-0.15, -0.1) is 0 Å². The zero-order chi connectivity index (χ0) is 27.5. The van der Waals surface area contributed by atoms with E-state index in [4.69, 9.17) is 4.98 Å². The molecule has 0 saturated carbocycles. The van der Waals surface area contributed by atoms with Crippen LogP contribution in [0.3, 0.4) is 0 Å². The summed E-state index contributed by atoms with van der Waals surface area (Å²) >= 11 is 0. The first-order valence-electron chi connectivity index (χ1n) is 13.8. The second kappa shape index (κ2) is 11.4. The Hall–Kier alpha value is -3.98. The van der Waals surface area contributed by atoms with Crippen LogP contribution >= 0.6 is 0 Å². The maximum absolute atomic E-state index is 13.6. The number of rotatable bonds is 8. The number of fused-ring (bicyclic) bond motifs is 1. The Morgan fingerprint density at radius 1 is 1.10 bits per heavy atom. The van der Waals surface area contributed by atoms with E-state index in [1.54, 1.807) is 6.20 Å². The first-order chi connectivity index (χ1) is 18.9.